The quantitative estimate of drug-likeness (QED) is 0.384. The molecule has 3 aromatic rings. The normalized spacial score (nSPS) is 16.5. The van der Waals surface area contributed by atoms with E-state index in [9.17, 15) is 22.7 Å². The predicted molar refractivity (Wildman–Crippen MR) is 127 cm³/mol. The zero-order chi connectivity index (χ0) is 25.5. The van der Waals surface area contributed by atoms with Gasteiger partial charge in [0.1, 0.15) is 30.4 Å². The Morgan fingerprint density at radius 2 is 1.78 bits per heavy atom. The molecule has 2 atom stereocenters. The van der Waals surface area contributed by atoms with Crippen molar-refractivity contribution >= 4 is 5.71 Å². The van der Waals surface area contributed by atoms with Gasteiger partial charge in [0.2, 0.25) is 0 Å². The van der Waals surface area contributed by atoms with Gasteiger partial charge in [-0.3, -0.25) is 4.90 Å². The number of oxime groups is 1. The molecule has 0 bridgehead atoms. The van der Waals surface area contributed by atoms with Crippen LogP contribution in [0.3, 0.4) is 0 Å². The fourth-order valence-electron chi connectivity index (χ4n) is 3.99. The lowest BCUT2D eigenvalue weighted by Crippen LogP contribution is -2.39. The van der Waals surface area contributed by atoms with Crippen molar-refractivity contribution in [3.05, 3.63) is 101 Å². The van der Waals surface area contributed by atoms with E-state index in [-0.39, 0.29) is 31.6 Å². The summed E-state index contributed by atoms with van der Waals surface area (Å²) < 4.78 is 58.5. The molecule has 190 valence electrons. The summed E-state index contributed by atoms with van der Waals surface area (Å²) in [5.74, 6) is 0.256. The van der Waals surface area contributed by atoms with Gasteiger partial charge in [-0.15, -0.1) is 0 Å². The fourth-order valence-corrected chi connectivity index (χ4v) is 3.99. The number of hydrogen-bond acceptors (Lipinski definition) is 5. The van der Waals surface area contributed by atoms with Gasteiger partial charge < -0.3 is 14.7 Å². The zero-order valence-electron chi connectivity index (χ0n) is 19.4. The summed E-state index contributed by atoms with van der Waals surface area (Å²) in [5.41, 5.74) is 1.12. The van der Waals surface area contributed by atoms with E-state index in [0.717, 1.165) is 17.7 Å². The molecule has 0 spiro atoms. The van der Waals surface area contributed by atoms with Crippen LogP contribution in [0.15, 0.2) is 84.0 Å². The SMILES string of the molecule is O[C@H](COc1ccccc1)CN(Cc1cccc(C(F)(F)F)c1)C[C@H]1CC(c2ccc(F)cc2)=NO1. The van der Waals surface area contributed by atoms with Crippen molar-refractivity contribution in [1.29, 1.82) is 0 Å². The number of aliphatic hydroxyl groups is 1. The molecule has 0 aliphatic carbocycles. The average molecular weight is 503 g/mol. The minimum Gasteiger partial charge on any atom is -0.491 e. The van der Waals surface area contributed by atoms with Crippen LogP contribution in [0.1, 0.15) is 23.1 Å². The molecule has 0 saturated carbocycles. The maximum atomic E-state index is 13.2. The Hall–Kier alpha value is -3.43. The van der Waals surface area contributed by atoms with Crippen molar-refractivity contribution in [3.8, 4) is 5.75 Å². The van der Waals surface area contributed by atoms with Crippen molar-refractivity contribution in [2.45, 2.75) is 31.3 Å². The van der Waals surface area contributed by atoms with Gasteiger partial charge in [-0.2, -0.15) is 13.2 Å². The van der Waals surface area contributed by atoms with Crippen molar-refractivity contribution < 1.29 is 32.2 Å². The van der Waals surface area contributed by atoms with Crippen LogP contribution in [0.4, 0.5) is 17.6 Å². The third-order valence-electron chi connectivity index (χ3n) is 5.69. The molecule has 1 N–H and O–H groups in total. The highest BCUT2D eigenvalue weighted by molar-refractivity contribution is 6.01. The van der Waals surface area contributed by atoms with Crippen LogP contribution in [-0.2, 0) is 17.6 Å². The van der Waals surface area contributed by atoms with E-state index in [1.54, 1.807) is 30.3 Å². The molecule has 0 amide bonds. The molecule has 3 aromatic carbocycles. The minimum absolute atomic E-state index is 0.0198. The van der Waals surface area contributed by atoms with Gasteiger partial charge in [-0.1, -0.05) is 53.7 Å². The molecule has 1 aliphatic rings. The Labute approximate surface area is 206 Å². The first-order chi connectivity index (χ1) is 17.3. The highest BCUT2D eigenvalue weighted by atomic mass is 19.4. The maximum Gasteiger partial charge on any atom is 0.416 e. The fraction of sp³-hybridized carbons (Fsp3) is 0.296. The Morgan fingerprint density at radius 1 is 1.03 bits per heavy atom. The van der Waals surface area contributed by atoms with E-state index in [1.807, 2.05) is 23.1 Å². The number of para-hydroxylation sites is 1. The molecule has 4 rings (SSSR count). The largest absolute Gasteiger partial charge is 0.491 e. The van der Waals surface area contributed by atoms with Crippen LogP contribution in [0, 0.1) is 5.82 Å². The minimum atomic E-state index is -4.45. The molecule has 0 unspecified atom stereocenters. The maximum absolute atomic E-state index is 13.2. The Bertz CT molecular complexity index is 1150. The monoisotopic (exact) mass is 502 g/mol. The van der Waals surface area contributed by atoms with Gasteiger partial charge in [-0.25, -0.2) is 4.39 Å². The summed E-state index contributed by atoms with van der Waals surface area (Å²) in [6.45, 7) is 0.645. The summed E-state index contributed by atoms with van der Waals surface area (Å²) in [5, 5.41) is 14.7. The third kappa shape index (κ3) is 7.29. The lowest BCUT2D eigenvalue weighted by molar-refractivity contribution is -0.137. The number of hydrogen-bond donors (Lipinski definition) is 1. The first-order valence-electron chi connectivity index (χ1n) is 11.5. The molecule has 0 aromatic heterocycles. The number of benzene rings is 3. The lowest BCUT2D eigenvalue weighted by atomic mass is 10.0. The molecular formula is C27H26F4N2O3. The van der Waals surface area contributed by atoms with Crippen LogP contribution >= 0.6 is 0 Å². The molecular weight excluding hydrogens is 476 g/mol. The van der Waals surface area contributed by atoms with Gasteiger partial charge >= 0.3 is 6.18 Å². The van der Waals surface area contributed by atoms with Gasteiger partial charge in [0.05, 0.1) is 11.3 Å². The molecule has 0 saturated heterocycles. The molecule has 9 heteroatoms. The van der Waals surface area contributed by atoms with Crippen molar-refractivity contribution in [2.75, 3.05) is 19.7 Å². The van der Waals surface area contributed by atoms with E-state index in [2.05, 4.69) is 5.16 Å². The van der Waals surface area contributed by atoms with Crippen molar-refractivity contribution in [3.63, 3.8) is 0 Å². The standard InChI is InChI=1S/C27H26F4N2O3/c28-22-11-9-20(10-12-22)26-14-25(36-32-26)17-33(15-19-5-4-6-21(13-19)27(29,30)31)16-23(34)18-35-24-7-2-1-3-8-24/h1-13,23,25,34H,14-18H2/t23-,25+/m0/s1. The van der Waals surface area contributed by atoms with Crippen LogP contribution < -0.4 is 4.74 Å². The highest BCUT2D eigenvalue weighted by Gasteiger charge is 2.31. The number of halogens is 4. The van der Waals surface area contributed by atoms with Crippen LogP contribution in [0.2, 0.25) is 0 Å². The van der Waals surface area contributed by atoms with Gasteiger partial charge in [-0.05, 0) is 41.5 Å². The summed E-state index contributed by atoms with van der Waals surface area (Å²) in [7, 11) is 0. The van der Waals surface area contributed by atoms with Crippen LogP contribution in [0.5, 0.6) is 5.75 Å². The molecule has 0 radical (unpaired) electrons. The number of rotatable bonds is 10. The summed E-state index contributed by atoms with van der Waals surface area (Å²) >= 11 is 0. The van der Waals surface area contributed by atoms with Crippen LogP contribution in [-0.4, -0.2) is 47.6 Å². The van der Waals surface area contributed by atoms with E-state index < -0.39 is 17.8 Å². The van der Waals surface area contributed by atoms with E-state index in [1.165, 1.54) is 18.2 Å². The average Bonchev–Trinajstić information content (AvgIpc) is 3.32. The first-order valence-corrected chi connectivity index (χ1v) is 11.5. The van der Waals surface area contributed by atoms with Crippen molar-refractivity contribution in [1.82, 2.24) is 4.90 Å². The molecule has 5 nitrogen and oxygen atoms in total. The number of aliphatic hydroxyl groups excluding tert-OH is 1. The number of nitrogens with zero attached hydrogens (tertiary/aromatic N) is 2. The zero-order valence-corrected chi connectivity index (χ0v) is 19.4. The van der Waals surface area contributed by atoms with E-state index >= 15 is 0 Å². The number of alkyl halides is 3. The summed E-state index contributed by atoms with van der Waals surface area (Å²) in [4.78, 5) is 7.39. The second-order valence-electron chi connectivity index (χ2n) is 8.65. The van der Waals surface area contributed by atoms with E-state index in [0.29, 0.717) is 30.0 Å². The Balaban J connectivity index is 1.42. The van der Waals surface area contributed by atoms with Gasteiger partial charge in [0, 0.05) is 26.1 Å². The Morgan fingerprint density at radius 3 is 2.50 bits per heavy atom. The summed E-state index contributed by atoms with van der Waals surface area (Å²) in [6, 6.07) is 20.1. The second-order valence-corrected chi connectivity index (χ2v) is 8.65. The lowest BCUT2D eigenvalue weighted by Gasteiger charge is -2.27. The highest BCUT2D eigenvalue weighted by Crippen LogP contribution is 2.30. The van der Waals surface area contributed by atoms with E-state index in [4.69, 9.17) is 9.57 Å². The first kappa shape index (κ1) is 25.7. The molecule has 36 heavy (non-hydrogen) atoms. The van der Waals surface area contributed by atoms with Crippen LogP contribution in [0.25, 0.3) is 0 Å². The summed E-state index contributed by atoms with van der Waals surface area (Å²) in [6.07, 6.45) is -5.27. The Kier molecular flexibility index (Phi) is 8.22. The molecule has 1 heterocycles. The van der Waals surface area contributed by atoms with Gasteiger partial charge in [0.15, 0.2) is 0 Å². The van der Waals surface area contributed by atoms with Crippen molar-refractivity contribution in [2.24, 2.45) is 5.16 Å². The topological polar surface area (TPSA) is 54.3 Å². The van der Waals surface area contributed by atoms with Gasteiger partial charge in [0.25, 0.3) is 0 Å². The molecule has 0 fully saturated rings. The third-order valence-corrected chi connectivity index (χ3v) is 5.69. The smallest absolute Gasteiger partial charge is 0.416 e. The second kappa shape index (κ2) is 11.5. The number of ether oxygens (including phenoxy) is 1. The molecule has 1 aliphatic heterocycles. The predicted octanol–water partition coefficient (Wildman–Crippen LogP) is 5.28.